The van der Waals surface area contributed by atoms with Gasteiger partial charge in [-0.25, -0.2) is 4.79 Å². The van der Waals surface area contributed by atoms with Crippen LogP contribution in [0.25, 0.3) is 0 Å². The molecule has 0 aromatic carbocycles. The Morgan fingerprint density at radius 3 is 2.84 bits per heavy atom. The summed E-state index contributed by atoms with van der Waals surface area (Å²) in [7, 11) is 0. The molecule has 10 heteroatoms. The van der Waals surface area contributed by atoms with Gasteiger partial charge in [0, 0.05) is 49.9 Å². The van der Waals surface area contributed by atoms with E-state index >= 15 is 0 Å². The summed E-state index contributed by atoms with van der Waals surface area (Å²) in [5.41, 5.74) is 0.535. The molecule has 0 radical (unpaired) electrons. The van der Waals surface area contributed by atoms with E-state index in [0.717, 1.165) is 32.4 Å². The summed E-state index contributed by atoms with van der Waals surface area (Å²) < 4.78 is 9.10. The molecule has 0 aromatic heterocycles. The lowest BCUT2D eigenvalue weighted by atomic mass is 10.1. The number of allylic oxidation sites excluding steroid dienone is 2. The molecule has 0 spiro atoms. The first-order valence-electron chi connectivity index (χ1n) is 7.97. The SMILES string of the molecule is O=NOCCNC(=O)C1=CC=CN(COC(=O)N2CCCCC2)I=C1. The third kappa shape index (κ3) is 6.80. The van der Waals surface area contributed by atoms with Crippen LogP contribution in [-0.2, 0) is 14.4 Å². The molecule has 0 aliphatic carbocycles. The van der Waals surface area contributed by atoms with Gasteiger partial charge in [0.25, 0.3) is 5.91 Å². The zero-order valence-corrected chi connectivity index (χ0v) is 15.9. The summed E-state index contributed by atoms with van der Waals surface area (Å²) in [5.74, 6) is -0.244. The summed E-state index contributed by atoms with van der Waals surface area (Å²) in [6.45, 7) is 1.92. The average molecular weight is 464 g/mol. The fraction of sp³-hybridized carbons (Fsp3) is 0.533. The van der Waals surface area contributed by atoms with Gasteiger partial charge >= 0.3 is 6.09 Å². The van der Waals surface area contributed by atoms with Crippen molar-refractivity contribution in [2.75, 3.05) is 33.0 Å². The largest absolute Gasteiger partial charge is 0.427 e. The molecule has 1 N–H and O–H groups in total. The van der Waals surface area contributed by atoms with E-state index in [2.05, 4.69) is 15.5 Å². The second-order valence-corrected chi connectivity index (χ2v) is 7.74. The molecule has 0 bridgehead atoms. The van der Waals surface area contributed by atoms with Crippen LogP contribution in [0.15, 0.2) is 29.3 Å². The second-order valence-electron chi connectivity index (χ2n) is 5.32. The van der Waals surface area contributed by atoms with Crippen molar-refractivity contribution in [2.45, 2.75) is 19.3 Å². The number of ether oxygens (including phenoxy) is 1. The third-order valence-corrected chi connectivity index (χ3v) is 5.80. The Labute approximate surface area is 156 Å². The smallest absolute Gasteiger partial charge is 0.411 e. The Kier molecular flexibility index (Phi) is 8.35. The third-order valence-electron chi connectivity index (χ3n) is 3.53. The molecular formula is C15H21IN4O5. The maximum absolute atomic E-state index is 12.0. The quantitative estimate of drug-likeness (QED) is 0.203. The summed E-state index contributed by atoms with van der Waals surface area (Å²) in [6.07, 6.45) is 8.18. The number of piperidine rings is 1. The molecule has 9 nitrogen and oxygen atoms in total. The van der Waals surface area contributed by atoms with Crippen molar-refractivity contribution in [3.8, 4) is 0 Å². The maximum atomic E-state index is 12.0. The van der Waals surface area contributed by atoms with Crippen molar-refractivity contribution < 1.29 is 19.2 Å². The van der Waals surface area contributed by atoms with Gasteiger partial charge in [0.1, 0.15) is 6.61 Å². The van der Waals surface area contributed by atoms with E-state index in [9.17, 15) is 14.5 Å². The standard InChI is InChI=1S/C15H21IN4O5/c21-14(17-6-10-25-18-23)13-5-4-9-20(16-11-13)12-24-15(22)19-7-2-1-3-8-19/h4-5,9,11H,1-3,6-8,10,12H2,(H,17,21). The maximum Gasteiger partial charge on any atom is 0.411 e. The zero-order valence-electron chi connectivity index (χ0n) is 13.7. The van der Waals surface area contributed by atoms with Crippen molar-refractivity contribution >= 4 is 37.0 Å². The lowest BCUT2D eigenvalue weighted by molar-refractivity contribution is -0.117. The summed E-state index contributed by atoms with van der Waals surface area (Å²) >= 11 is -0.629. The minimum atomic E-state index is -0.629. The average Bonchev–Trinajstić information content (AvgIpc) is 2.89. The van der Waals surface area contributed by atoms with E-state index < -0.39 is 21.0 Å². The summed E-state index contributed by atoms with van der Waals surface area (Å²) in [5, 5.41) is 4.89. The molecule has 0 atom stereocenters. The number of carbonyl (C=O) groups excluding carboxylic acids is 2. The van der Waals surface area contributed by atoms with Crippen LogP contribution in [-0.4, -0.2) is 57.0 Å². The molecule has 2 aliphatic rings. The zero-order chi connectivity index (χ0) is 17.9. The van der Waals surface area contributed by atoms with Gasteiger partial charge in [0.15, 0.2) is 12.1 Å². The summed E-state index contributed by atoms with van der Waals surface area (Å²) in [4.78, 5) is 39.8. The van der Waals surface area contributed by atoms with Gasteiger partial charge in [-0.2, -0.15) is 0 Å². The summed E-state index contributed by atoms with van der Waals surface area (Å²) in [6, 6.07) is 0. The van der Waals surface area contributed by atoms with E-state index in [0.29, 0.717) is 5.57 Å². The predicted molar refractivity (Wildman–Crippen MR) is 101 cm³/mol. The first-order chi connectivity index (χ1) is 12.2. The molecular weight excluding hydrogens is 443 g/mol. The first kappa shape index (κ1) is 19.3. The minimum Gasteiger partial charge on any atom is -0.427 e. The second kappa shape index (κ2) is 10.8. The van der Waals surface area contributed by atoms with E-state index in [1.807, 2.05) is 13.3 Å². The van der Waals surface area contributed by atoms with Gasteiger partial charge in [-0.1, -0.05) is 0 Å². The van der Waals surface area contributed by atoms with Gasteiger partial charge in [0.05, 0.1) is 6.54 Å². The lowest BCUT2D eigenvalue weighted by Gasteiger charge is -2.26. The molecule has 0 aromatic rings. The Morgan fingerprint density at radius 1 is 1.28 bits per heavy atom. The van der Waals surface area contributed by atoms with Crippen LogP contribution in [0.5, 0.6) is 0 Å². The highest BCUT2D eigenvalue weighted by Crippen LogP contribution is 2.15. The number of amides is 2. The van der Waals surface area contributed by atoms with Crippen molar-refractivity contribution in [3.05, 3.63) is 28.8 Å². The molecule has 2 aliphatic heterocycles. The van der Waals surface area contributed by atoms with Crippen molar-refractivity contribution in [3.63, 3.8) is 0 Å². The van der Waals surface area contributed by atoms with Crippen molar-refractivity contribution in [2.24, 2.45) is 5.34 Å². The number of hydrogen-bond acceptors (Lipinski definition) is 7. The highest BCUT2D eigenvalue weighted by Gasteiger charge is 2.18. The molecule has 2 rings (SSSR count). The number of carbonyl (C=O) groups is 2. The van der Waals surface area contributed by atoms with Crippen LogP contribution >= 0.6 is 21.0 Å². The lowest BCUT2D eigenvalue weighted by Crippen LogP contribution is -2.37. The number of likely N-dealkylation sites (tertiary alicyclic amines) is 1. The highest BCUT2D eigenvalue weighted by atomic mass is 127. The van der Waals surface area contributed by atoms with Gasteiger partial charge in [0.2, 0.25) is 0 Å². The van der Waals surface area contributed by atoms with Crippen LogP contribution in [0.2, 0.25) is 0 Å². The molecule has 138 valence electrons. The highest BCUT2D eigenvalue weighted by molar-refractivity contribution is 14.2. The fourth-order valence-corrected chi connectivity index (χ4v) is 4.07. The van der Waals surface area contributed by atoms with E-state index in [4.69, 9.17) is 4.74 Å². The fourth-order valence-electron chi connectivity index (χ4n) is 2.25. The molecule has 25 heavy (non-hydrogen) atoms. The van der Waals surface area contributed by atoms with Crippen LogP contribution in [0.4, 0.5) is 4.79 Å². The number of halogens is 1. The predicted octanol–water partition coefficient (Wildman–Crippen LogP) is 1.82. The molecule has 0 saturated carbocycles. The number of nitrogens with zero attached hydrogens (tertiary/aromatic N) is 3. The normalized spacial score (nSPS) is 17.0. The van der Waals surface area contributed by atoms with Gasteiger partial charge < -0.3 is 19.8 Å². The van der Waals surface area contributed by atoms with Crippen LogP contribution in [0.3, 0.4) is 0 Å². The van der Waals surface area contributed by atoms with Gasteiger partial charge in [-0.05, 0) is 31.4 Å². The minimum absolute atomic E-state index is 0.0337. The Bertz CT molecular complexity index is 572. The molecule has 0 unspecified atom stereocenters. The van der Waals surface area contributed by atoms with Gasteiger partial charge in [-0.15, -0.1) is 4.91 Å². The number of rotatable bonds is 7. The topological polar surface area (TPSA) is 101 Å². The van der Waals surface area contributed by atoms with Crippen LogP contribution in [0.1, 0.15) is 19.3 Å². The first-order valence-corrected chi connectivity index (χ1v) is 10.2. The number of hydrogen-bond donors (Lipinski definition) is 1. The monoisotopic (exact) mass is 464 g/mol. The van der Waals surface area contributed by atoms with Crippen LogP contribution in [0, 0.1) is 4.91 Å². The van der Waals surface area contributed by atoms with Crippen molar-refractivity contribution in [1.82, 2.24) is 13.3 Å². The molecule has 1 fully saturated rings. The molecule has 1 saturated heterocycles. The molecule has 2 heterocycles. The van der Waals surface area contributed by atoms with Crippen molar-refractivity contribution in [1.29, 1.82) is 0 Å². The van der Waals surface area contributed by atoms with Gasteiger partial charge in [-0.3, -0.25) is 7.91 Å². The van der Waals surface area contributed by atoms with E-state index in [-0.39, 0.29) is 31.9 Å². The van der Waals surface area contributed by atoms with E-state index in [1.54, 1.807) is 17.1 Å². The molecule has 2 amide bonds. The van der Waals surface area contributed by atoms with Crippen LogP contribution < -0.4 is 5.32 Å². The Morgan fingerprint density at radius 2 is 2.08 bits per heavy atom. The Balaban J connectivity index is 1.75. The number of nitrogens with one attached hydrogen (secondary N) is 1. The Hall–Kier alpha value is -1.98. The van der Waals surface area contributed by atoms with E-state index in [1.165, 1.54) is 0 Å².